The Morgan fingerprint density at radius 1 is 1.19 bits per heavy atom. The Labute approximate surface area is 123 Å². The zero-order valence-electron chi connectivity index (χ0n) is 11.6. The first-order valence-electron chi connectivity index (χ1n) is 6.09. The van der Waals surface area contributed by atoms with Crippen LogP contribution in [-0.4, -0.2) is 24.1 Å². The zero-order valence-corrected chi connectivity index (χ0v) is 12.4. The van der Waals surface area contributed by atoms with E-state index < -0.39 is 10.0 Å². The molecule has 8 heteroatoms. The van der Waals surface area contributed by atoms with Gasteiger partial charge in [-0.25, -0.2) is 13.6 Å². The molecular formula is C13H15N5O2S. The predicted molar refractivity (Wildman–Crippen MR) is 80.4 cm³/mol. The number of hydrogen-bond acceptors (Lipinski definition) is 6. The molecule has 0 aliphatic rings. The van der Waals surface area contributed by atoms with Crippen LogP contribution in [0.2, 0.25) is 0 Å². The number of rotatable bonds is 4. The smallest absolute Gasteiger partial charge is 0.238 e. The first kappa shape index (κ1) is 15.1. The number of benzene rings is 1. The number of nitrogens with one attached hydrogen (secondary N) is 1. The van der Waals surface area contributed by atoms with E-state index in [0.29, 0.717) is 17.1 Å². The van der Waals surface area contributed by atoms with E-state index in [-0.39, 0.29) is 4.90 Å². The van der Waals surface area contributed by atoms with Crippen LogP contribution in [-0.2, 0) is 10.0 Å². The molecule has 0 unspecified atom stereocenters. The average Bonchev–Trinajstić information content (AvgIpc) is 2.45. The molecule has 0 radical (unpaired) electrons. The number of anilines is 1. The normalized spacial score (nSPS) is 12.2. The van der Waals surface area contributed by atoms with Gasteiger partial charge in [0.25, 0.3) is 0 Å². The van der Waals surface area contributed by atoms with E-state index in [0.717, 1.165) is 5.69 Å². The molecule has 3 N–H and O–H groups in total. The van der Waals surface area contributed by atoms with E-state index in [1.54, 1.807) is 24.5 Å². The van der Waals surface area contributed by atoms with Crippen molar-refractivity contribution in [3.63, 3.8) is 0 Å². The minimum Gasteiger partial charge on any atom is -0.278 e. The molecular weight excluding hydrogens is 290 g/mol. The number of sulfonamides is 1. The van der Waals surface area contributed by atoms with Gasteiger partial charge in [0.2, 0.25) is 10.0 Å². The van der Waals surface area contributed by atoms with Gasteiger partial charge < -0.3 is 0 Å². The molecule has 1 heterocycles. The molecule has 21 heavy (non-hydrogen) atoms. The molecule has 0 atom stereocenters. The standard InChI is InChI=1S/C13H15N5O2S/c1-9-13(16-8-7-15-9)10(2)17-18-11-3-5-12(6-4-11)21(14,19)20/h3-8,18H,1-2H3,(H2,14,19,20)/b17-10+. The Balaban J connectivity index is 2.16. The molecule has 0 aliphatic carbocycles. The van der Waals surface area contributed by atoms with Gasteiger partial charge in [0, 0.05) is 12.4 Å². The van der Waals surface area contributed by atoms with E-state index in [1.807, 2.05) is 13.8 Å². The highest BCUT2D eigenvalue weighted by atomic mass is 32.2. The average molecular weight is 305 g/mol. The molecule has 0 amide bonds. The van der Waals surface area contributed by atoms with Crippen LogP contribution in [0.1, 0.15) is 18.3 Å². The van der Waals surface area contributed by atoms with E-state index in [1.165, 1.54) is 12.1 Å². The van der Waals surface area contributed by atoms with Gasteiger partial charge in [0.05, 0.1) is 22.0 Å². The summed E-state index contributed by atoms with van der Waals surface area (Å²) in [6.45, 7) is 3.66. The summed E-state index contributed by atoms with van der Waals surface area (Å²) in [5, 5.41) is 9.23. The molecule has 110 valence electrons. The van der Waals surface area contributed by atoms with E-state index in [4.69, 9.17) is 5.14 Å². The number of nitrogens with two attached hydrogens (primary N) is 1. The van der Waals surface area contributed by atoms with Crippen molar-refractivity contribution in [3.8, 4) is 0 Å². The Bertz CT molecular complexity index is 769. The molecule has 0 saturated heterocycles. The highest BCUT2D eigenvalue weighted by Gasteiger charge is 2.07. The third kappa shape index (κ3) is 3.83. The lowest BCUT2D eigenvalue weighted by atomic mass is 10.2. The maximum atomic E-state index is 11.1. The van der Waals surface area contributed by atoms with Gasteiger partial charge in [-0.2, -0.15) is 5.10 Å². The Morgan fingerprint density at radius 2 is 1.81 bits per heavy atom. The summed E-state index contributed by atoms with van der Waals surface area (Å²) in [6, 6.07) is 5.99. The maximum Gasteiger partial charge on any atom is 0.238 e. The minimum atomic E-state index is -3.68. The predicted octanol–water partition coefficient (Wildman–Crippen LogP) is 1.27. The van der Waals surface area contributed by atoms with Gasteiger partial charge >= 0.3 is 0 Å². The molecule has 1 aromatic heterocycles. The van der Waals surface area contributed by atoms with Gasteiger partial charge in [-0.1, -0.05) is 0 Å². The maximum absolute atomic E-state index is 11.1. The fraction of sp³-hybridized carbons (Fsp3) is 0.154. The number of aromatic nitrogens is 2. The topological polar surface area (TPSA) is 110 Å². The largest absolute Gasteiger partial charge is 0.278 e. The summed E-state index contributed by atoms with van der Waals surface area (Å²) < 4.78 is 22.3. The first-order valence-corrected chi connectivity index (χ1v) is 7.64. The number of hydrogen-bond donors (Lipinski definition) is 2. The van der Waals surface area contributed by atoms with Crippen LogP contribution < -0.4 is 10.6 Å². The molecule has 0 spiro atoms. The molecule has 2 rings (SSSR count). The fourth-order valence-electron chi connectivity index (χ4n) is 1.68. The number of nitrogens with zero attached hydrogens (tertiary/aromatic N) is 3. The van der Waals surface area contributed by atoms with Crippen molar-refractivity contribution in [1.29, 1.82) is 0 Å². The van der Waals surface area contributed by atoms with Crippen LogP contribution in [0, 0.1) is 6.92 Å². The molecule has 1 aromatic carbocycles. The Kier molecular flexibility index (Phi) is 4.29. The van der Waals surface area contributed by atoms with E-state index in [2.05, 4.69) is 20.5 Å². The molecule has 0 bridgehead atoms. The highest BCUT2D eigenvalue weighted by molar-refractivity contribution is 7.89. The van der Waals surface area contributed by atoms with Crippen LogP contribution in [0.4, 0.5) is 5.69 Å². The zero-order chi connectivity index (χ0) is 15.5. The van der Waals surface area contributed by atoms with Crippen LogP contribution in [0.15, 0.2) is 46.7 Å². The molecule has 7 nitrogen and oxygen atoms in total. The summed E-state index contributed by atoms with van der Waals surface area (Å²) >= 11 is 0. The lowest BCUT2D eigenvalue weighted by molar-refractivity contribution is 0.598. The highest BCUT2D eigenvalue weighted by Crippen LogP contribution is 2.13. The summed E-state index contributed by atoms with van der Waals surface area (Å²) in [6.07, 6.45) is 3.22. The SMILES string of the molecule is C/C(=N\Nc1ccc(S(N)(=O)=O)cc1)c1nccnc1C. The van der Waals surface area contributed by atoms with Crippen molar-refractivity contribution in [2.75, 3.05) is 5.43 Å². The second kappa shape index (κ2) is 5.98. The van der Waals surface area contributed by atoms with Gasteiger partial charge in [-0.15, -0.1) is 0 Å². The number of hydrazone groups is 1. The molecule has 0 aliphatic heterocycles. The van der Waals surface area contributed by atoms with Crippen LogP contribution in [0.3, 0.4) is 0 Å². The lowest BCUT2D eigenvalue weighted by Gasteiger charge is -2.05. The van der Waals surface area contributed by atoms with Crippen molar-refractivity contribution in [3.05, 3.63) is 48.0 Å². The summed E-state index contributed by atoms with van der Waals surface area (Å²) in [5.41, 5.74) is 5.63. The van der Waals surface area contributed by atoms with E-state index >= 15 is 0 Å². The second-order valence-corrected chi connectivity index (χ2v) is 5.93. The van der Waals surface area contributed by atoms with Crippen molar-refractivity contribution in [1.82, 2.24) is 9.97 Å². The Hall–Kier alpha value is -2.32. The van der Waals surface area contributed by atoms with Crippen molar-refractivity contribution in [2.45, 2.75) is 18.7 Å². The Morgan fingerprint density at radius 3 is 2.38 bits per heavy atom. The minimum absolute atomic E-state index is 0.0542. The quantitative estimate of drug-likeness (QED) is 0.653. The molecule has 2 aromatic rings. The van der Waals surface area contributed by atoms with Crippen molar-refractivity contribution >= 4 is 21.4 Å². The monoisotopic (exact) mass is 305 g/mol. The number of aryl methyl sites for hydroxylation is 1. The van der Waals surface area contributed by atoms with E-state index in [9.17, 15) is 8.42 Å². The first-order chi connectivity index (χ1) is 9.88. The van der Waals surface area contributed by atoms with Crippen molar-refractivity contribution < 1.29 is 8.42 Å². The third-order valence-electron chi connectivity index (χ3n) is 2.76. The lowest BCUT2D eigenvalue weighted by Crippen LogP contribution is -2.11. The molecule has 0 fully saturated rings. The van der Waals surface area contributed by atoms with Gasteiger partial charge in [0.15, 0.2) is 0 Å². The summed E-state index contributed by atoms with van der Waals surface area (Å²) in [5.74, 6) is 0. The third-order valence-corrected chi connectivity index (χ3v) is 3.69. The van der Waals surface area contributed by atoms with Gasteiger partial charge in [-0.3, -0.25) is 15.4 Å². The van der Waals surface area contributed by atoms with Crippen LogP contribution in [0.5, 0.6) is 0 Å². The van der Waals surface area contributed by atoms with Crippen LogP contribution >= 0.6 is 0 Å². The summed E-state index contributed by atoms with van der Waals surface area (Å²) in [7, 11) is -3.68. The number of primary sulfonamides is 1. The summed E-state index contributed by atoms with van der Waals surface area (Å²) in [4.78, 5) is 8.40. The fourth-order valence-corrected chi connectivity index (χ4v) is 2.20. The van der Waals surface area contributed by atoms with Crippen molar-refractivity contribution in [2.24, 2.45) is 10.2 Å². The molecule has 0 saturated carbocycles. The van der Waals surface area contributed by atoms with Crippen LogP contribution in [0.25, 0.3) is 0 Å². The van der Waals surface area contributed by atoms with Gasteiger partial charge in [-0.05, 0) is 38.1 Å². The second-order valence-electron chi connectivity index (χ2n) is 4.37. The van der Waals surface area contributed by atoms with Gasteiger partial charge in [0.1, 0.15) is 5.69 Å².